The fraction of sp³-hybridized carbons (Fsp3) is 0.609. The highest BCUT2D eigenvalue weighted by atomic mass is 16.2. The van der Waals surface area contributed by atoms with E-state index in [2.05, 4.69) is 27.9 Å². The second kappa shape index (κ2) is 11.0. The third-order valence-corrected chi connectivity index (χ3v) is 6.05. The largest absolute Gasteiger partial charge is 0.352 e. The van der Waals surface area contributed by atoms with Crippen molar-refractivity contribution in [2.24, 2.45) is 10.9 Å². The minimum Gasteiger partial charge on any atom is -0.352 e. The van der Waals surface area contributed by atoms with Crippen LogP contribution in [-0.4, -0.2) is 55.4 Å². The maximum atomic E-state index is 12.7. The van der Waals surface area contributed by atoms with E-state index in [1.165, 1.54) is 24.8 Å². The number of likely N-dealkylation sites (tertiary alicyclic amines) is 1. The third kappa shape index (κ3) is 6.21. The van der Waals surface area contributed by atoms with Gasteiger partial charge in [-0.1, -0.05) is 38.3 Å². The van der Waals surface area contributed by atoms with Gasteiger partial charge in [-0.05, 0) is 43.4 Å². The minimum atomic E-state index is -0.119. The first kappa shape index (κ1) is 22.1. The Kier molecular flexibility index (Phi) is 8.11. The van der Waals surface area contributed by atoms with E-state index >= 15 is 0 Å². The van der Waals surface area contributed by atoms with Crippen LogP contribution in [0.1, 0.15) is 51.0 Å². The highest BCUT2D eigenvalue weighted by Gasteiger charge is 2.31. The molecule has 1 aromatic carbocycles. The van der Waals surface area contributed by atoms with Gasteiger partial charge in [-0.25, -0.2) is 0 Å². The van der Waals surface area contributed by atoms with Crippen molar-refractivity contribution < 1.29 is 9.59 Å². The van der Waals surface area contributed by atoms with Crippen LogP contribution in [0.4, 0.5) is 5.69 Å². The molecule has 2 fully saturated rings. The molecule has 0 radical (unpaired) electrons. The van der Waals surface area contributed by atoms with Crippen LogP contribution in [0.15, 0.2) is 29.3 Å². The van der Waals surface area contributed by atoms with Crippen LogP contribution < -0.4 is 16.0 Å². The maximum Gasteiger partial charge on any atom is 0.243 e. The summed E-state index contributed by atoms with van der Waals surface area (Å²) in [7, 11) is 1.69. The molecule has 1 unspecified atom stereocenters. The number of benzene rings is 1. The number of carbonyl (C=O) groups excluding carboxylic acids is 2. The average molecular weight is 414 g/mol. The Morgan fingerprint density at radius 2 is 1.97 bits per heavy atom. The van der Waals surface area contributed by atoms with Gasteiger partial charge < -0.3 is 20.9 Å². The summed E-state index contributed by atoms with van der Waals surface area (Å²) in [5.74, 6) is 0.997. The summed E-state index contributed by atoms with van der Waals surface area (Å²) < 4.78 is 0. The third-order valence-electron chi connectivity index (χ3n) is 6.05. The highest BCUT2D eigenvalue weighted by Crippen LogP contribution is 2.26. The molecule has 1 aliphatic heterocycles. The summed E-state index contributed by atoms with van der Waals surface area (Å²) in [6.07, 6.45) is 7.50. The normalized spacial score (nSPS) is 20.1. The smallest absolute Gasteiger partial charge is 0.243 e. The number of nitrogens with zero attached hydrogens (tertiary/aromatic N) is 2. The predicted molar refractivity (Wildman–Crippen MR) is 121 cm³/mol. The first-order valence-corrected chi connectivity index (χ1v) is 11.2. The zero-order valence-corrected chi connectivity index (χ0v) is 18.2. The Balaban J connectivity index is 1.42. The van der Waals surface area contributed by atoms with Gasteiger partial charge in [-0.3, -0.25) is 14.6 Å². The van der Waals surface area contributed by atoms with Gasteiger partial charge in [0, 0.05) is 37.8 Å². The lowest BCUT2D eigenvalue weighted by Crippen LogP contribution is -2.47. The topological polar surface area (TPSA) is 85.8 Å². The maximum absolute atomic E-state index is 12.7. The van der Waals surface area contributed by atoms with Gasteiger partial charge in [0.05, 0.1) is 6.54 Å². The molecule has 0 aromatic heterocycles. The summed E-state index contributed by atoms with van der Waals surface area (Å²) in [5.41, 5.74) is 1.99. The summed E-state index contributed by atoms with van der Waals surface area (Å²) in [5, 5.41) is 9.34. The van der Waals surface area contributed by atoms with Gasteiger partial charge in [-0.15, -0.1) is 0 Å². The van der Waals surface area contributed by atoms with Crippen molar-refractivity contribution in [2.45, 2.75) is 57.9 Å². The molecule has 1 saturated heterocycles. The summed E-state index contributed by atoms with van der Waals surface area (Å²) in [6, 6.07) is 8.03. The fourth-order valence-corrected chi connectivity index (χ4v) is 4.31. The molecule has 2 amide bonds. The first-order chi connectivity index (χ1) is 14.6. The van der Waals surface area contributed by atoms with Crippen molar-refractivity contribution in [3.63, 3.8) is 0 Å². The number of hydrogen-bond acceptors (Lipinski definition) is 3. The van der Waals surface area contributed by atoms with E-state index in [0.717, 1.165) is 37.9 Å². The zero-order valence-electron chi connectivity index (χ0n) is 18.2. The van der Waals surface area contributed by atoms with Crippen LogP contribution in [0.2, 0.25) is 0 Å². The highest BCUT2D eigenvalue weighted by molar-refractivity contribution is 5.95. The lowest BCUT2D eigenvalue weighted by Gasteiger charge is -2.26. The molecule has 1 aliphatic carbocycles. The Bertz CT molecular complexity index is 758. The molecule has 2 aliphatic rings. The van der Waals surface area contributed by atoms with Crippen LogP contribution in [0.3, 0.4) is 0 Å². The Hall–Kier alpha value is -2.57. The van der Waals surface area contributed by atoms with E-state index in [-0.39, 0.29) is 24.4 Å². The summed E-state index contributed by atoms with van der Waals surface area (Å²) in [4.78, 5) is 31.2. The Morgan fingerprint density at radius 3 is 2.70 bits per heavy atom. The number of nitrogens with one attached hydrogen (secondary N) is 3. The molecular formula is C23H35N5O2. The van der Waals surface area contributed by atoms with Crippen LogP contribution in [-0.2, 0) is 16.0 Å². The Labute approximate surface area is 179 Å². The minimum absolute atomic E-state index is 0.119. The lowest BCUT2D eigenvalue weighted by molar-refractivity contribution is -0.135. The second-order valence-electron chi connectivity index (χ2n) is 8.28. The van der Waals surface area contributed by atoms with E-state index in [0.29, 0.717) is 18.4 Å². The van der Waals surface area contributed by atoms with E-state index in [1.807, 2.05) is 29.2 Å². The first-order valence-electron chi connectivity index (χ1n) is 11.2. The van der Waals surface area contributed by atoms with Crippen molar-refractivity contribution in [1.29, 1.82) is 0 Å². The zero-order chi connectivity index (χ0) is 21.3. The van der Waals surface area contributed by atoms with Gasteiger partial charge in [0.25, 0.3) is 0 Å². The van der Waals surface area contributed by atoms with Crippen LogP contribution in [0.25, 0.3) is 0 Å². The SMILES string of the molecule is CCc1cccc(NC(=O)CNC(=NC)NC2CCN(C(=O)C3CCCCC3)C2)c1. The van der Waals surface area contributed by atoms with Gasteiger partial charge in [0.15, 0.2) is 5.96 Å². The molecule has 7 heteroatoms. The van der Waals surface area contributed by atoms with E-state index in [4.69, 9.17) is 0 Å². The lowest BCUT2D eigenvalue weighted by atomic mass is 9.88. The number of guanidine groups is 1. The number of aryl methyl sites for hydroxylation is 1. The van der Waals surface area contributed by atoms with Crippen molar-refractivity contribution in [1.82, 2.24) is 15.5 Å². The van der Waals surface area contributed by atoms with Crippen molar-refractivity contribution >= 4 is 23.5 Å². The van der Waals surface area contributed by atoms with Crippen molar-refractivity contribution in [3.8, 4) is 0 Å². The molecule has 30 heavy (non-hydrogen) atoms. The van der Waals surface area contributed by atoms with Gasteiger partial charge in [0.1, 0.15) is 0 Å². The number of rotatable bonds is 6. The number of carbonyl (C=O) groups is 2. The molecule has 3 N–H and O–H groups in total. The molecular weight excluding hydrogens is 378 g/mol. The molecule has 164 valence electrons. The molecule has 1 heterocycles. The number of hydrogen-bond donors (Lipinski definition) is 3. The standard InChI is InChI=1S/C23H35N5O2/c1-3-17-8-7-11-19(14-17)26-21(29)15-25-23(24-2)27-20-12-13-28(16-20)22(30)18-9-5-4-6-10-18/h7-8,11,14,18,20H,3-6,9-10,12-13,15-16H2,1-2H3,(H,26,29)(H2,24,25,27). The van der Waals surface area contributed by atoms with Gasteiger partial charge in [0.2, 0.25) is 11.8 Å². The average Bonchev–Trinajstić information content (AvgIpc) is 3.25. The van der Waals surface area contributed by atoms with Crippen molar-refractivity contribution in [2.75, 3.05) is 32.0 Å². The molecule has 0 spiro atoms. The van der Waals surface area contributed by atoms with Gasteiger partial charge in [-0.2, -0.15) is 0 Å². The fourth-order valence-electron chi connectivity index (χ4n) is 4.31. The van der Waals surface area contributed by atoms with Crippen molar-refractivity contribution in [3.05, 3.63) is 29.8 Å². The molecule has 1 atom stereocenters. The second-order valence-corrected chi connectivity index (χ2v) is 8.28. The quantitative estimate of drug-likeness (QED) is 0.494. The van der Waals surface area contributed by atoms with Gasteiger partial charge >= 0.3 is 0 Å². The summed E-state index contributed by atoms with van der Waals surface area (Å²) in [6.45, 7) is 3.71. The van der Waals surface area contributed by atoms with E-state index in [1.54, 1.807) is 7.05 Å². The van der Waals surface area contributed by atoms with Crippen LogP contribution in [0.5, 0.6) is 0 Å². The monoisotopic (exact) mass is 413 g/mol. The predicted octanol–water partition coefficient (Wildman–Crippen LogP) is 2.53. The van der Waals surface area contributed by atoms with E-state index < -0.39 is 0 Å². The molecule has 7 nitrogen and oxygen atoms in total. The number of aliphatic imine (C=N–C) groups is 1. The molecule has 1 saturated carbocycles. The molecule has 3 rings (SSSR count). The van der Waals surface area contributed by atoms with Crippen LogP contribution >= 0.6 is 0 Å². The molecule has 0 bridgehead atoms. The molecule has 1 aromatic rings. The number of amides is 2. The summed E-state index contributed by atoms with van der Waals surface area (Å²) >= 11 is 0. The van der Waals surface area contributed by atoms with Crippen LogP contribution in [0, 0.1) is 5.92 Å². The Morgan fingerprint density at radius 1 is 1.17 bits per heavy atom. The van der Waals surface area contributed by atoms with E-state index in [9.17, 15) is 9.59 Å². The number of anilines is 1.